The van der Waals surface area contributed by atoms with E-state index in [9.17, 15) is 5.11 Å². The molecule has 0 amide bonds. The number of nitrogens with zero attached hydrogens (tertiary/aromatic N) is 2. The number of aliphatic hydroxyl groups is 1. The summed E-state index contributed by atoms with van der Waals surface area (Å²) >= 11 is 1.79. The second kappa shape index (κ2) is 5.69. The van der Waals surface area contributed by atoms with E-state index in [0.717, 1.165) is 11.3 Å². The highest BCUT2D eigenvalue weighted by molar-refractivity contribution is 7.15. The zero-order valence-electron chi connectivity index (χ0n) is 13.6. The molecule has 4 rings (SSSR count). The van der Waals surface area contributed by atoms with Crippen molar-refractivity contribution >= 4 is 11.3 Å². The molecule has 2 aromatic heterocycles. The molecule has 5 nitrogen and oxygen atoms in total. The van der Waals surface area contributed by atoms with Gasteiger partial charge in [-0.15, -0.1) is 21.5 Å². The second-order valence-corrected chi connectivity index (χ2v) is 8.41. The molecule has 0 saturated heterocycles. The van der Waals surface area contributed by atoms with Crippen LogP contribution in [-0.2, 0) is 19.4 Å². The Labute approximate surface area is 140 Å². The third-order valence-corrected chi connectivity index (χ3v) is 6.61. The Balaban J connectivity index is 1.42. The summed E-state index contributed by atoms with van der Waals surface area (Å²) in [7, 11) is 0. The molecule has 2 aromatic rings. The Bertz CT molecular complexity index is 683. The molecule has 0 aliphatic heterocycles. The minimum absolute atomic E-state index is 0.0876. The molecule has 0 spiro atoms. The zero-order valence-corrected chi connectivity index (χ0v) is 14.4. The van der Waals surface area contributed by atoms with E-state index in [1.165, 1.54) is 36.1 Å². The molecule has 2 atom stereocenters. The number of hydrogen-bond acceptors (Lipinski definition) is 6. The van der Waals surface area contributed by atoms with Crippen molar-refractivity contribution in [3.05, 3.63) is 22.4 Å². The number of aryl methyl sites for hydroxylation is 2. The summed E-state index contributed by atoms with van der Waals surface area (Å²) in [6, 6.07) is 2.51. The van der Waals surface area contributed by atoms with E-state index in [1.54, 1.807) is 11.3 Å². The Morgan fingerprint density at radius 3 is 2.91 bits per heavy atom. The summed E-state index contributed by atoms with van der Waals surface area (Å²) in [6.45, 7) is 4.71. The first-order chi connectivity index (χ1) is 11.0. The van der Waals surface area contributed by atoms with E-state index >= 15 is 0 Å². The van der Waals surface area contributed by atoms with Gasteiger partial charge in [-0.3, -0.25) is 0 Å². The maximum Gasteiger partial charge on any atom is 0.257 e. The molecular formula is C17H23N3O2S. The minimum atomic E-state index is -0.226. The fourth-order valence-corrected chi connectivity index (χ4v) is 4.65. The molecule has 0 bridgehead atoms. The molecule has 0 unspecified atom stereocenters. The summed E-state index contributed by atoms with van der Waals surface area (Å²) in [5.41, 5.74) is 1.37. The largest absolute Gasteiger partial charge is 0.419 e. The van der Waals surface area contributed by atoms with E-state index in [0.29, 0.717) is 24.4 Å². The molecule has 6 heteroatoms. The van der Waals surface area contributed by atoms with Crippen LogP contribution < -0.4 is 5.32 Å². The van der Waals surface area contributed by atoms with E-state index < -0.39 is 0 Å². The molecule has 1 fully saturated rings. The molecule has 2 heterocycles. The quantitative estimate of drug-likeness (QED) is 0.900. The lowest BCUT2D eigenvalue weighted by Crippen LogP contribution is -2.59. The molecule has 2 N–H and O–H groups in total. The highest BCUT2D eigenvalue weighted by Gasteiger charge is 2.46. The minimum Gasteiger partial charge on any atom is -0.419 e. The van der Waals surface area contributed by atoms with Gasteiger partial charge in [-0.05, 0) is 43.7 Å². The monoisotopic (exact) mass is 333 g/mol. The van der Waals surface area contributed by atoms with Crippen molar-refractivity contribution in [3.8, 4) is 10.8 Å². The van der Waals surface area contributed by atoms with Crippen LogP contribution in [0.3, 0.4) is 0 Å². The number of hydrogen-bond donors (Lipinski definition) is 2. The average molecular weight is 333 g/mol. The lowest BCUT2D eigenvalue weighted by atomic mass is 9.64. The Hall–Kier alpha value is -1.24. The number of nitrogens with one attached hydrogen (secondary N) is 1. The number of rotatable bonds is 4. The van der Waals surface area contributed by atoms with Gasteiger partial charge >= 0.3 is 0 Å². The van der Waals surface area contributed by atoms with Gasteiger partial charge in [0.25, 0.3) is 5.89 Å². The van der Waals surface area contributed by atoms with Crippen LogP contribution in [0.5, 0.6) is 0 Å². The van der Waals surface area contributed by atoms with Gasteiger partial charge in [-0.1, -0.05) is 13.8 Å². The average Bonchev–Trinajstić information content (AvgIpc) is 3.17. The Kier molecular flexibility index (Phi) is 3.78. The first kappa shape index (κ1) is 15.3. The summed E-state index contributed by atoms with van der Waals surface area (Å²) in [4.78, 5) is 2.57. The molecular weight excluding hydrogens is 310 g/mol. The number of thiophene rings is 1. The van der Waals surface area contributed by atoms with Gasteiger partial charge in [-0.25, -0.2) is 0 Å². The molecule has 0 aromatic carbocycles. The molecule has 23 heavy (non-hydrogen) atoms. The van der Waals surface area contributed by atoms with Crippen molar-refractivity contribution in [2.75, 3.05) is 0 Å². The summed E-state index contributed by atoms with van der Waals surface area (Å²) < 4.78 is 5.82. The Morgan fingerprint density at radius 2 is 2.17 bits per heavy atom. The van der Waals surface area contributed by atoms with E-state index in [1.807, 2.05) is 0 Å². The van der Waals surface area contributed by atoms with E-state index in [4.69, 9.17) is 4.42 Å². The van der Waals surface area contributed by atoms with Crippen LogP contribution >= 0.6 is 11.3 Å². The van der Waals surface area contributed by atoms with Crippen molar-refractivity contribution in [2.45, 2.75) is 64.6 Å². The zero-order chi connectivity index (χ0) is 16.0. The highest BCUT2D eigenvalue weighted by atomic mass is 32.1. The molecule has 2 aliphatic rings. The van der Waals surface area contributed by atoms with Crippen molar-refractivity contribution in [1.29, 1.82) is 0 Å². The van der Waals surface area contributed by atoms with Gasteiger partial charge in [0.05, 0.1) is 17.5 Å². The summed E-state index contributed by atoms with van der Waals surface area (Å²) in [5.74, 6) is 1.25. The van der Waals surface area contributed by atoms with Gasteiger partial charge in [0, 0.05) is 16.3 Å². The van der Waals surface area contributed by atoms with E-state index in [-0.39, 0.29) is 11.5 Å². The fourth-order valence-electron chi connectivity index (χ4n) is 3.48. The second-order valence-electron chi connectivity index (χ2n) is 7.27. The van der Waals surface area contributed by atoms with Gasteiger partial charge in [-0.2, -0.15) is 0 Å². The predicted molar refractivity (Wildman–Crippen MR) is 89.3 cm³/mol. The van der Waals surface area contributed by atoms with Crippen LogP contribution in [0.15, 0.2) is 10.5 Å². The number of aromatic nitrogens is 2. The predicted octanol–water partition coefficient (Wildman–Crippen LogP) is 2.93. The number of aliphatic hydroxyl groups excluding tert-OH is 1. The normalized spacial score (nSPS) is 25.9. The van der Waals surface area contributed by atoms with Crippen LogP contribution in [0.25, 0.3) is 10.8 Å². The smallest absolute Gasteiger partial charge is 0.257 e. The first-order valence-electron chi connectivity index (χ1n) is 8.40. The molecule has 124 valence electrons. The van der Waals surface area contributed by atoms with Crippen LogP contribution in [0.2, 0.25) is 0 Å². The van der Waals surface area contributed by atoms with Gasteiger partial charge in [0.15, 0.2) is 0 Å². The maximum atomic E-state index is 9.79. The van der Waals surface area contributed by atoms with Gasteiger partial charge in [0.1, 0.15) is 0 Å². The van der Waals surface area contributed by atoms with Gasteiger partial charge in [0.2, 0.25) is 5.89 Å². The third kappa shape index (κ3) is 2.73. The summed E-state index contributed by atoms with van der Waals surface area (Å²) in [5, 5.41) is 21.6. The van der Waals surface area contributed by atoms with Crippen LogP contribution in [-0.4, -0.2) is 27.4 Å². The van der Waals surface area contributed by atoms with Crippen molar-refractivity contribution in [2.24, 2.45) is 5.41 Å². The summed E-state index contributed by atoms with van der Waals surface area (Å²) in [6.07, 6.45) is 5.48. The third-order valence-electron chi connectivity index (χ3n) is 5.39. The van der Waals surface area contributed by atoms with E-state index in [2.05, 4.69) is 35.4 Å². The maximum absolute atomic E-state index is 9.79. The van der Waals surface area contributed by atoms with Gasteiger partial charge < -0.3 is 14.8 Å². The Morgan fingerprint density at radius 1 is 1.35 bits per heavy atom. The van der Waals surface area contributed by atoms with Crippen molar-refractivity contribution in [1.82, 2.24) is 15.5 Å². The fraction of sp³-hybridized carbons (Fsp3) is 0.647. The van der Waals surface area contributed by atoms with Crippen LogP contribution in [0.1, 0.15) is 49.4 Å². The SMILES string of the molecule is CC1(C)[C@H](O)C[C@@H]1NCc1nnc(-c2cc3c(s2)CCCC3)o1. The lowest BCUT2D eigenvalue weighted by Gasteiger charge is -2.49. The molecule has 1 saturated carbocycles. The number of fused-ring (bicyclic) bond motifs is 1. The molecule has 0 radical (unpaired) electrons. The highest BCUT2D eigenvalue weighted by Crippen LogP contribution is 2.40. The van der Waals surface area contributed by atoms with Crippen LogP contribution in [0.4, 0.5) is 0 Å². The topological polar surface area (TPSA) is 71.2 Å². The molecule has 2 aliphatic carbocycles. The standard InChI is InChI=1S/C17H23N3O2S/c1-17(2)13(8-14(17)21)18-9-15-19-20-16(22-15)12-7-10-5-3-4-6-11(10)23-12/h7,13-14,18,21H,3-6,8-9H2,1-2H3/t13-,14+/m0/s1. The van der Waals surface area contributed by atoms with Crippen molar-refractivity contribution in [3.63, 3.8) is 0 Å². The lowest BCUT2D eigenvalue weighted by molar-refractivity contribution is -0.0735. The van der Waals surface area contributed by atoms with Crippen LogP contribution in [0, 0.1) is 5.41 Å². The van der Waals surface area contributed by atoms with Crippen molar-refractivity contribution < 1.29 is 9.52 Å². The first-order valence-corrected chi connectivity index (χ1v) is 9.21.